The Morgan fingerprint density at radius 2 is 1.32 bits per heavy atom. The van der Waals surface area contributed by atoms with Gasteiger partial charge in [0.15, 0.2) is 5.75 Å². The van der Waals surface area contributed by atoms with Crippen LogP contribution in [0.15, 0.2) is 91.0 Å². The highest BCUT2D eigenvalue weighted by Crippen LogP contribution is 2.22. The van der Waals surface area contributed by atoms with Crippen molar-refractivity contribution in [3.8, 4) is 11.5 Å². The Balaban J connectivity index is 0.000000301. The van der Waals surface area contributed by atoms with Gasteiger partial charge in [-0.3, -0.25) is 0 Å². The van der Waals surface area contributed by atoms with Gasteiger partial charge in [0.05, 0.1) is 12.4 Å². The number of benzene rings is 3. The van der Waals surface area contributed by atoms with Crippen molar-refractivity contribution in [2.45, 2.75) is 126 Å². The molecule has 0 aliphatic heterocycles. The van der Waals surface area contributed by atoms with Gasteiger partial charge in [0, 0.05) is 31.2 Å². The van der Waals surface area contributed by atoms with E-state index >= 15 is 0 Å². The zero-order valence-corrected chi connectivity index (χ0v) is 42.2. The molecule has 0 fully saturated rings. The molecule has 0 bridgehead atoms. The first kappa shape index (κ1) is 55.8. The third-order valence-electron chi connectivity index (χ3n) is 9.74. The SMILES string of the molecule is CCCCCCCCCCCCOCCCNC(=O)NNc1nc(SOOc2cccc(C)c2)no1.Cc1ccc(OCCCNC(=O)NNc2nc(S(=O)(=O)Cc3cccc(S)c3)no2)c(C)c1. The Kier molecular flexibility index (Phi) is 26.0. The van der Waals surface area contributed by atoms with Crippen molar-refractivity contribution in [3.63, 3.8) is 0 Å². The number of urea groups is 2. The number of thiol groups is 1. The molecule has 0 unspecified atom stereocenters. The number of hydrogen-bond donors (Lipinski definition) is 7. The Hall–Kier alpha value is -5.75. The molecule has 5 rings (SSSR count). The Bertz CT molecular complexity index is 2370. The second-order valence-corrected chi connectivity index (χ2v) is 18.9. The van der Waals surface area contributed by atoms with Crippen molar-refractivity contribution >= 4 is 58.6 Å². The van der Waals surface area contributed by atoms with Gasteiger partial charge in [0.1, 0.15) is 17.8 Å². The Morgan fingerprint density at radius 1 is 0.696 bits per heavy atom. The first-order valence-corrected chi connectivity index (χ1v) is 25.9. The van der Waals surface area contributed by atoms with Crippen LogP contribution in [0.5, 0.6) is 11.5 Å². The van der Waals surface area contributed by atoms with Crippen LogP contribution in [0, 0.1) is 20.8 Å². The number of aryl methyl sites for hydroxylation is 3. The molecule has 378 valence electrons. The Morgan fingerprint density at radius 3 is 2.00 bits per heavy atom. The van der Waals surface area contributed by atoms with E-state index in [0.29, 0.717) is 48.9 Å². The smallest absolute Gasteiger partial charge is 0.341 e. The van der Waals surface area contributed by atoms with Crippen LogP contribution in [-0.2, 0) is 24.7 Å². The van der Waals surface area contributed by atoms with Gasteiger partial charge in [0.2, 0.25) is 9.84 Å². The standard InChI is InChI=1S/C25H41N5O5S.C21H25N5O5S2/c1-3-4-5-6-7-8-9-10-11-12-18-32-19-14-17-26-23(31)28-29-24-27-25(30-33-24)36-35-34-22-16-13-15-21(2)20-22;1-14-7-8-18(15(2)11-14)30-10-4-9-22-19(27)24-25-20-23-21(26-31-20)33(28,29)13-16-5-3-6-17(32)12-16/h13,15-16,20H,3-12,14,17-19H2,1-2H3,(H2,26,28,31)(H,27,29,30);3,5-8,11-12,32H,4,9-10,13H2,1-2H3,(H2,22,24,27)(H,23,25,26). The molecule has 0 aliphatic carbocycles. The molecule has 0 aliphatic rings. The molecule has 0 radical (unpaired) electrons. The molecule has 23 heteroatoms. The van der Waals surface area contributed by atoms with E-state index in [2.05, 4.69) is 72.2 Å². The quantitative estimate of drug-likeness (QED) is 0.00717. The lowest BCUT2D eigenvalue weighted by Crippen LogP contribution is -2.39. The normalized spacial score (nSPS) is 11.0. The topological polar surface area (TPSA) is 255 Å². The highest BCUT2D eigenvalue weighted by molar-refractivity contribution is 7.94. The van der Waals surface area contributed by atoms with E-state index in [4.69, 9.17) is 27.7 Å². The highest BCUT2D eigenvalue weighted by Gasteiger charge is 2.23. The Labute approximate surface area is 414 Å². The summed E-state index contributed by atoms with van der Waals surface area (Å²) in [7, 11) is -3.83. The molecular weight excluding hydrogens is 949 g/mol. The molecule has 6 N–H and O–H groups in total. The maximum absolute atomic E-state index is 12.5. The molecule has 0 saturated carbocycles. The molecule has 2 aromatic heterocycles. The van der Waals surface area contributed by atoms with Crippen LogP contribution in [0.2, 0.25) is 0 Å². The minimum absolute atomic E-state index is 0.0200. The monoisotopic (exact) mass is 1010 g/mol. The van der Waals surface area contributed by atoms with E-state index in [1.165, 1.54) is 63.4 Å². The summed E-state index contributed by atoms with van der Waals surface area (Å²) in [5, 5.41) is 12.2. The lowest BCUT2D eigenvalue weighted by molar-refractivity contribution is -0.0782. The van der Waals surface area contributed by atoms with Gasteiger partial charge in [-0.25, -0.2) is 39.7 Å². The van der Waals surface area contributed by atoms with Crippen LogP contribution < -0.4 is 42.0 Å². The second-order valence-electron chi connectivity index (χ2n) is 15.9. The van der Waals surface area contributed by atoms with Gasteiger partial charge in [-0.05, 0) is 97.4 Å². The van der Waals surface area contributed by atoms with E-state index in [1.807, 2.05) is 57.2 Å². The summed E-state index contributed by atoms with van der Waals surface area (Å²) in [4.78, 5) is 37.3. The molecule has 3 aromatic carbocycles. The van der Waals surface area contributed by atoms with Crippen molar-refractivity contribution in [1.29, 1.82) is 0 Å². The average molecular weight is 1020 g/mol. The summed E-state index contributed by atoms with van der Waals surface area (Å²) in [6.45, 7) is 10.9. The number of hydrogen-bond acceptors (Lipinski definition) is 18. The van der Waals surface area contributed by atoms with Gasteiger partial charge >= 0.3 is 24.1 Å². The van der Waals surface area contributed by atoms with Crippen molar-refractivity contribution in [3.05, 3.63) is 89.0 Å². The number of carbonyl (C=O) groups excluding carboxylic acids is 2. The number of carbonyl (C=O) groups is 2. The van der Waals surface area contributed by atoms with Crippen LogP contribution in [0.25, 0.3) is 0 Å². The van der Waals surface area contributed by atoms with Crippen LogP contribution in [-0.4, -0.2) is 73.7 Å². The first-order chi connectivity index (χ1) is 33.4. The molecule has 20 nitrogen and oxygen atoms in total. The number of anilines is 2. The first-order valence-electron chi connectivity index (χ1n) is 23.0. The maximum atomic E-state index is 12.5. The maximum Gasteiger partial charge on any atom is 0.341 e. The number of amides is 4. The largest absolute Gasteiger partial charge is 0.493 e. The van der Waals surface area contributed by atoms with Gasteiger partial charge in [-0.2, -0.15) is 9.97 Å². The van der Waals surface area contributed by atoms with Crippen molar-refractivity contribution in [2.24, 2.45) is 0 Å². The number of rotatable bonds is 31. The summed E-state index contributed by atoms with van der Waals surface area (Å²) in [6.07, 6.45) is 14.5. The number of nitrogens with one attached hydrogen (secondary N) is 6. The van der Waals surface area contributed by atoms with E-state index in [9.17, 15) is 18.0 Å². The van der Waals surface area contributed by atoms with Gasteiger partial charge in [0.25, 0.3) is 10.3 Å². The van der Waals surface area contributed by atoms with Crippen LogP contribution in [0.3, 0.4) is 0 Å². The fourth-order valence-corrected chi connectivity index (χ4v) is 8.00. The minimum atomic E-state index is -3.83. The van der Waals surface area contributed by atoms with Crippen LogP contribution in [0.4, 0.5) is 21.6 Å². The van der Waals surface area contributed by atoms with Crippen molar-refractivity contribution in [1.82, 2.24) is 41.8 Å². The second kappa shape index (κ2) is 32.1. The number of hydrazine groups is 2. The van der Waals surface area contributed by atoms with Gasteiger partial charge in [-0.1, -0.05) is 107 Å². The fraction of sp³-hybridized carbons (Fsp3) is 0.478. The molecular formula is C46H66N10O10S3. The zero-order chi connectivity index (χ0) is 49.5. The van der Waals surface area contributed by atoms with Crippen LogP contribution >= 0.6 is 24.7 Å². The number of sulfone groups is 1. The zero-order valence-electron chi connectivity index (χ0n) is 39.7. The molecule has 0 saturated heterocycles. The number of unbranched alkanes of at least 4 members (excludes halogenated alkanes) is 9. The molecule has 4 amide bonds. The number of nitrogens with zero attached hydrogens (tertiary/aromatic N) is 4. The van der Waals surface area contributed by atoms with Crippen molar-refractivity contribution in [2.75, 3.05) is 43.8 Å². The molecule has 5 aromatic rings. The third-order valence-corrected chi connectivity index (χ3v) is 11.9. The summed E-state index contributed by atoms with van der Waals surface area (Å²) < 4.78 is 51.1. The third kappa shape index (κ3) is 23.9. The van der Waals surface area contributed by atoms with Gasteiger partial charge in [-0.15, -0.1) is 17.0 Å². The molecule has 0 atom stereocenters. The molecule has 2 heterocycles. The molecule has 0 spiro atoms. The fourth-order valence-electron chi connectivity index (χ4n) is 6.26. The predicted octanol–water partition coefficient (Wildman–Crippen LogP) is 9.39. The average Bonchev–Trinajstić information content (AvgIpc) is 4.00. The van der Waals surface area contributed by atoms with Crippen LogP contribution in [0.1, 0.15) is 106 Å². The van der Waals surface area contributed by atoms with Gasteiger partial charge < -0.3 is 34.0 Å². The van der Waals surface area contributed by atoms with E-state index in [0.717, 1.165) is 48.4 Å². The minimum Gasteiger partial charge on any atom is -0.493 e. The van der Waals surface area contributed by atoms with Crippen molar-refractivity contribution < 1.29 is 45.7 Å². The number of aromatic nitrogens is 4. The summed E-state index contributed by atoms with van der Waals surface area (Å²) in [6, 6.07) is 18.9. The summed E-state index contributed by atoms with van der Waals surface area (Å²) in [5.41, 5.74) is 13.5. The number of ether oxygens (including phenoxy) is 2. The predicted molar refractivity (Wildman–Crippen MR) is 266 cm³/mol. The van der Waals surface area contributed by atoms with E-state index in [-0.39, 0.29) is 22.9 Å². The van der Waals surface area contributed by atoms with E-state index in [1.54, 1.807) is 30.3 Å². The lowest BCUT2D eigenvalue weighted by atomic mass is 10.1. The van der Waals surface area contributed by atoms with E-state index < -0.39 is 27.1 Å². The summed E-state index contributed by atoms with van der Waals surface area (Å²) in [5.74, 6) is 1.07. The molecule has 69 heavy (non-hydrogen) atoms. The lowest BCUT2D eigenvalue weighted by Gasteiger charge is -2.10. The summed E-state index contributed by atoms with van der Waals surface area (Å²) >= 11 is 4.98. The highest BCUT2D eigenvalue weighted by atomic mass is 32.2.